The number of carbonyl (C=O) groups is 2. The van der Waals surface area contributed by atoms with E-state index in [9.17, 15) is 9.59 Å². The van der Waals surface area contributed by atoms with Crippen molar-refractivity contribution in [2.45, 2.75) is 0 Å². The lowest BCUT2D eigenvalue weighted by Gasteiger charge is -2.15. The summed E-state index contributed by atoms with van der Waals surface area (Å²) in [6, 6.07) is 4.92. The molecule has 1 fully saturated rings. The fourth-order valence-corrected chi connectivity index (χ4v) is 1.85. The van der Waals surface area contributed by atoms with Crippen LogP contribution in [0.4, 0.5) is 4.79 Å². The molecule has 1 saturated heterocycles. The van der Waals surface area contributed by atoms with E-state index in [0.717, 1.165) is 6.29 Å². The summed E-state index contributed by atoms with van der Waals surface area (Å²) in [4.78, 5) is 23.9. The van der Waals surface area contributed by atoms with E-state index in [2.05, 4.69) is 5.32 Å². The van der Waals surface area contributed by atoms with Crippen LogP contribution in [0.1, 0.15) is 10.4 Å². The van der Waals surface area contributed by atoms with Crippen LogP contribution in [0.25, 0.3) is 0 Å². The maximum atomic E-state index is 11.3. The summed E-state index contributed by atoms with van der Waals surface area (Å²) < 4.78 is 10.6. The van der Waals surface area contributed by atoms with E-state index in [1.165, 1.54) is 0 Å². The molecular weight excluding hydrogens is 248 g/mol. The molecule has 1 aromatic rings. The number of urea groups is 1. The van der Waals surface area contributed by atoms with Gasteiger partial charge >= 0.3 is 6.03 Å². The number of benzene rings is 1. The van der Waals surface area contributed by atoms with E-state index < -0.39 is 0 Å². The van der Waals surface area contributed by atoms with Gasteiger partial charge in [0.1, 0.15) is 18.1 Å². The van der Waals surface area contributed by atoms with Gasteiger partial charge in [-0.2, -0.15) is 0 Å². The van der Waals surface area contributed by atoms with E-state index in [1.807, 2.05) is 0 Å². The molecule has 0 aromatic heterocycles. The molecule has 2 rings (SSSR count). The molecule has 0 radical (unpaired) electrons. The second-order valence-corrected chi connectivity index (χ2v) is 4.09. The smallest absolute Gasteiger partial charge is 0.317 e. The molecule has 1 aliphatic rings. The van der Waals surface area contributed by atoms with Gasteiger partial charge in [-0.05, 0) is 12.1 Å². The van der Waals surface area contributed by atoms with E-state index in [1.54, 1.807) is 30.2 Å². The fraction of sp³-hybridized carbons (Fsp3) is 0.385. The average Bonchev–Trinajstić information content (AvgIpc) is 2.84. The zero-order chi connectivity index (χ0) is 13.7. The number of rotatable bonds is 6. The minimum atomic E-state index is -0.0788. The van der Waals surface area contributed by atoms with Gasteiger partial charge in [-0.25, -0.2) is 4.79 Å². The van der Waals surface area contributed by atoms with Crippen LogP contribution in [0.2, 0.25) is 0 Å². The van der Waals surface area contributed by atoms with Crippen molar-refractivity contribution in [3.63, 3.8) is 0 Å². The summed E-state index contributed by atoms with van der Waals surface area (Å²) >= 11 is 0. The Kier molecular flexibility index (Phi) is 4.22. The summed E-state index contributed by atoms with van der Waals surface area (Å²) in [5, 5.41) is 2.71. The summed E-state index contributed by atoms with van der Waals surface area (Å²) in [5.74, 6) is 1.09. The Morgan fingerprint density at radius 2 is 2.32 bits per heavy atom. The van der Waals surface area contributed by atoms with Crippen molar-refractivity contribution < 1.29 is 19.1 Å². The predicted octanol–water partition coefficient (Wildman–Crippen LogP) is 0.912. The number of amides is 2. The first-order valence-corrected chi connectivity index (χ1v) is 6.03. The maximum Gasteiger partial charge on any atom is 0.317 e. The van der Waals surface area contributed by atoms with E-state index in [4.69, 9.17) is 9.47 Å². The Hall–Kier alpha value is -2.24. The van der Waals surface area contributed by atoms with Crippen molar-refractivity contribution >= 4 is 12.3 Å². The number of nitrogens with one attached hydrogen (secondary N) is 1. The summed E-state index contributed by atoms with van der Waals surface area (Å²) in [6.07, 6.45) is 0.733. The number of aldehydes is 1. The predicted molar refractivity (Wildman–Crippen MR) is 68.8 cm³/mol. The van der Waals surface area contributed by atoms with Crippen LogP contribution in [0.5, 0.6) is 11.5 Å². The first kappa shape index (κ1) is 13.2. The number of carbonyl (C=O) groups excluding carboxylic acids is 2. The lowest BCUT2D eigenvalue weighted by Crippen LogP contribution is -2.31. The highest BCUT2D eigenvalue weighted by molar-refractivity contribution is 5.79. The first-order chi connectivity index (χ1) is 9.24. The minimum Gasteiger partial charge on any atom is -0.497 e. The van der Waals surface area contributed by atoms with Crippen molar-refractivity contribution in [3.8, 4) is 11.5 Å². The van der Waals surface area contributed by atoms with Gasteiger partial charge in [0.05, 0.1) is 19.2 Å². The van der Waals surface area contributed by atoms with Crippen LogP contribution in [-0.2, 0) is 0 Å². The molecule has 102 valence electrons. The Morgan fingerprint density at radius 3 is 2.95 bits per heavy atom. The molecule has 0 bridgehead atoms. The Labute approximate surface area is 111 Å². The SMILES string of the molecule is COc1ccc(C=O)c(OCCN2CCNC2=O)c1. The third-order valence-corrected chi connectivity index (χ3v) is 2.91. The second-order valence-electron chi connectivity index (χ2n) is 4.09. The zero-order valence-corrected chi connectivity index (χ0v) is 10.7. The van der Waals surface area contributed by atoms with Crippen LogP contribution in [0.3, 0.4) is 0 Å². The molecule has 19 heavy (non-hydrogen) atoms. The van der Waals surface area contributed by atoms with Gasteiger partial charge in [0.15, 0.2) is 6.29 Å². The van der Waals surface area contributed by atoms with Gasteiger partial charge < -0.3 is 19.7 Å². The topological polar surface area (TPSA) is 67.9 Å². The molecule has 1 N–H and O–H groups in total. The molecule has 1 aromatic carbocycles. The van der Waals surface area contributed by atoms with E-state index in [-0.39, 0.29) is 6.03 Å². The number of nitrogens with zero attached hydrogens (tertiary/aromatic N) is 1. The molecule has 1 aliphatic heterocycles. The van der Waals surface area contributed by atoms with Gasteiger partial charge in [0, 0.05) is 19.2 Å². The van der Waals surface area contributed by atoms with Gasteiger partial charge in [0.2, 0.25) is 0 Å². The maximum absolute atomic E-state index is 11.3. The Balaban J connectivity index is 1.94. The van der Waals surface area contributed by atoms with Crippen molar-refractivity contribution in [2.24, 2.45) is 0 Å². The highest BCUT2D eigenvalue weighted by atomic mass is 16.5. The van der Waals surface area contributed by atoms with Crippen molar-refractivity contribution in [3.05, 3.63) is 23.8 Å². The molecule has 1 heterocycles. The summed E-state index contributed by atoms with van der Waals surface area (Å²) in [6.45, 7) is 2.17. The van der Waals surface area contributed by atoms with Crippen molar-refractivity contribution in [2.75, 3.05) is 33.4 Å². The van der Waals surface area contributed by atoms with E-state index in [0.29, 0.717) is 43.3 Å². The quantitative estimate of drug-likeness (QED) is 0.775. The molecule has 0 saturated carbocycles. The standard InChI is InChI=1S/C13H16N2O4/c1-18-11-3-2-10(9-16)12(8-11)19-7-6-15-5-4-14-13(15)17/h2-3,8-9H,4-7H2,1H3,(H,14,17). The third-order valence-electron chi connectivity index (χ3n) is 2.91. The zero-order valence-electron chi connectivity index (χ0n) is 10.7. The van der Waals surface area contributed by atoms with Gasteiger partial charge in [-0.15, -0.1) is 0 Å². The molecule has 6 nitrogen and oxygen atoms in total. The molecule has 0 atom stereocenters. The van der Waals surface area contributed by atoms with Crippen LogP contribution in [-0.4, -0.2) is 50.6 Å². The Bertz CT molecular complexity index is 476. The molecule has 0 spiro atoms. The monoisotopic (exact) mass is 264 g/mol. The Morgan fingerprint density at radius 1 is 1.47 bits per heavy atom. The van der Waals surface area contributed by atoms with Gasteiger partial charge in [0.25, 0.3) is 0 Å². The first-order valence-electron chi connectivity index (χ1n) is 6.03. The van der Waals surface area contributed by atoms with Crippen LogP contribution < -0.4 is 14.8 Å². The lowest BCUT2D eigenvalue weighted by atomic mass is 10.2. The fourth-order valence-electron chi connectivity index (χ4n) is 1.85. The number of methoxy groups -OCH3 is 1. The van der Waals surface area contributed by atoms with E-state index >= 15 is 0 Å². The van der Waals surface area contributed by atoms with Gasteiger partial charge in [-0.1, -0.05) is 0 Å². The number of ether oxygens (including phenoxy) is 2. The molecule has 6 heteroatoms. The van der Waals surface area contributed by atoms with Crippen LogP contribution in [0.15, 0.2) is 18.2 Å². The minimum absolute atomic E-state index is 0.0788. The van der Waals surface area contributed by atoms with Crippen LogP contribution >= 0.6 is 0 Å². The molecule has 0 aliphatic carbocycles. The van der Waals surface area contributed by atoms with Crippen molar-refractivity contribution in [1.29, 1.82) is 0 Å². The summed E-state index contributed by atoms with van der Waals surface area (Å²) in [7, 11) is 1.55. The largest absolute Gasteiger partial charge is 0.497 e. The highest BCUT2D eigenvalue weighted by Gasteiger charge is 2.18. The summed E-state index contributed by atoms with van der Waals surface area (Å²) in [5.41, 5.74) is 0.465. The number of hydrogen-bond donors (Lipinski definition) is 1. The third kappa shape index (κ3) is 3.15. The molecule has 2 amide bonds. The van der Waals surface area contributed by atoms with Crippen LogP contribution in [0, 0.1) is 0 Å². The normalized spacial score (nSPS) is 14.2. The van der Waals surface area contributed by atoms with Crippen molar-refractivity contribution in [1.82, 2.24) is 10.2 Å². The van der Waals surface area contributed by atoms with Gasteiger partial charge in [-0.3, -0.25) is 4.79 Å². The second kappa shape index (κ2) is 6.08. The average molecular weight is 264 g/mol. The molecule has 0 unspecified atom stereocenters. The highest BCUT2D eigenvalue weighted by Crippen LogP contribution is 2.23. The molecular formula is C13H16N2O4. The lowest BCUT2D eigenvalue weighted by molar-refractivity contribution is 0.111. The number of hydrogen-bond acceptors (Lipinski definition) is 4.